The Bertz CT molecular complexity index is 683. The Morgan fingerprint density at radius 2 is 1.71 bits per heavy atom. The minimum absolute atomic E-state index is 0. The molecule has 2 N–H and O–H groups in total. The molecule has 0 aromatic heterocycles. The number of para-hydroxylation sites is 1. The lowest BCUT2D eigenvalue weighted by Gasteiger charge is -2.36. The summed E-state index contributed by atoms with van der Waals surface area (Å²) in [7, 11) is 0. The van der Waals surface area contributed by atoms with Crippen LogP contribution in [0.3, 0.4) is 0 Å². The number of amides is 1. The number of benzene rings is 1. The highest BCUT2D eigenvalue weighted by molar-refractivity contribution is 14.0. The lowest BCUT2D eigenvalue weighted by Crippen LogP contribution is -2.51. The fraction of sp³-hybridized carbons (Fsp3) is 0.652. The van der Waals surface area contributed by atoms with E-state index < -0.39 is 0 Å². The second-order valence-electron chi connectivity index (χ2n) is 8.45. The van der Waals surface area contributed by atoms with E-state index in [9.17, 15) is 4.79 Å². The summed E-state index contributed by atoms with van der Waals surface area (Å²) < 4.78 is 0. The van der Waals surface area contributed by atoms with Crippen LogP contribution in [0.4, 0.5) is 5.69 Å². The number of aliphatic imine (C=N–C) groups is 1. The Balaban J connectivity index is 0.00000341. The van der Waals surface area contributed by atoms with Gasteiger partial charge in [-0.15, -0.1) is 24.0 Å². The van der Waals surface area contributed by atoms with Crippen LogP contribution in [0.2, 0.25) is 0 Å². The van der Waals surface area contributed by atoms with Gasteiger partial charge in [0.25, 0.3) is 0 Å². The lowest BCUT2D eigenvalue weighted by atomic mass is 10.0. The summed E-state index contributed by atoms with van der Waals surface area (Å²) in [5.74, 6) is 0.867. The van der Waals surface area contributed by atoms with Gasteiger partial charge in [-0.05, 0) is 45.7 Å². The number of likely N-dealkylation sites (tertiary alicyclic amines) is 1. The molecule has 0 atom stereocenters. The number of anilines is 1. The quantitative estimate of drug-likeness (QED) is 0.329. The number of piperidine rings is 1. The average Bonchev–Trinajstić information content (AvgIpc) is 2.78. The van der Waals surface area contributed by atoms with Crippen LogP contribution >= 0.6 is 24.0 Å². The first kappa shape index (κ1) is 25.7. The second-order valence-corrected chi connectivity index (χ2v) is 8.45. The Kier molecular flexibility index (Phi) is 10.9. The van der Waals surface area contributed by atoms with Gasteiger partial charge in [0.2, 0.25) is 5.91 Å². The van der Waals surface area contributed by atoms with Gasteiger partial charge in [0, 0.05) is 63.6 Å². The maximum absolute atomic E-state index is 12.7. The molecule has 1 aromatic carbocycles. The number of rotatable bonds is 6. The molecule has 0 aliphatic carbocycles. The van der Waals surface area contributed by atoms with Gasteiger partial charge >= 0.3 is 0 Å². The number of piperazine rings is 1. The van der Waals surface area contributed by atoms with E-state index in [1.807, 2.05) is 11.0 Å². The van der Waals surface area contributed by atoms with Gasteiger partial charge < -0.3 is 25.3 Å². The largest absolute Gasteiger partial charge is 0.368 e. The van der Waals surface area contributed by atoms with Crippen molar-refractivity contribution in [1.82, 2.24) is 20.4 Å². The molecule has 8 heteroatoms. The fourth-order valence-electron chi connectivity index (χ4n) is 4.17. The average molecular weight is 543 g/mol. The van der Waals surface area contributed by atoms with Crippen LogP contribution in [-0.2, 0) is 4.79 Å². The molecular weight excluding hydrogens is 503 g/mol. The van der Waals surface area contributed by atoms with Crippen LogP contribution in [0.5, 0.6) is 0 Å². The normalized spacial score (nSPS) is 18.6. The Morgan fingerprint density at radius 1 is 1.06 bits per heavy atom. The maximum Gasteiger partial charge on any atom is 0.244 e. The monoisotopic (exact) mass is 542 g/mol. The number of hydrogen-bond acceptors (Lipinski definition) is 4. The summed E-state index contributed by atoms with van der Waals surface area (Å²) >= 11 is 0. The fourth-order valence-corrected chi connectivity index (χ4v) is 4.17. The molecule has 31 heavy (non-hydrogen) atoms. The molecule has 2 fully saturated rings. The van der Waals surface area contributed by atoms with Crippen LogP contribution in [0.1, 0.15) is 33.6 Å². The zero-order valence-electron chi connectivity index (χ0n) is 19.2. The van der Waals surface area contributed by atoms with Gasteiger partial charge in [-0.1, -0.05) is 18.2 Å². The van der Waals surface area contributed by atoms with Crippen molar-refractivity contribution in [3.8, 4) is 0 Å². The molecular formula is C23H39IN6O. The summed E-state index contributed by atoms with van der Waals surface area (Å²) in [5.41, 5.74) is 1.23. The molecule has 2 heterocycles. The standard InChI is InChI=1S/C23H38N6O.HI/c1-4-24-23(26-20-10-12-27(13-11-20)19(2)3)25-18-22(30)29-16-14-28(15-17-29)21-8-6-5-7-9-21;/h5-9,19-20H,4,10-18H2,1-3H3,(H2,24,25,26);1H. The number of carbonyl (C=O) groups is 1. The van der Waals surface area contributed by atoms with E-state index in [0.29, 0.717) is 12.1 Å². The van der Waals surface area contributed by atoms with Crippen molar-refractivity contribution in [3.05, 3.63) is 30.3 Å². The number of carbonyl (C=O) groups excluding carboxylic acids is 1. The molecule has 2 saturated heterocycles. The van der Waals surface area contributed by atoms with E-state index in [1.165, 1.54) is 5.69 Å². The first-order valence-electron chi connectivity index (χ1n) is 11.4. The third kappa shape index (κ3) is 7.82. The third-order valence-electron chi connectivity index (χ3n) is 6.07. The molecule has 0 saturated carbocycles. The van der Waals surface area contributed by atoms with Gasteiger partial charge in [0.15, 0.2) is 5.96 Å². The molecule has 0 radical (unpaired) electrons. The van der Waals surface area contributed by atoms with Crippen LogP contribution in [0.25, 0.3) is 0 Å². The first-order chi connectivity index (χ1) is 14.6. The lowest BCUT2D eigenvalue weighted by molar-refractivity contribution is -0.129. The number of nitrogens with zero attached hydrogens (tertiary/aromatic N) is 4. The van der Waals surface area contributed by atoms with Gasteiger partial charge in [-0.3, -0.25) is 4.79 Å². The van der Waals surface area contributed by atoms with E-state index in [0.717, 1.165) is 64.6 Å². The predicted octanol–water partition coefficient (Wildman–Crippen LogP) is 2.38. The Labute approximate surface area is 204 Å². The van der Waals surface area contributed by atoms with Gasteiger partial charge in [0.1, 0.15) is 6.54 Å². The van der Waals surface area contributed by atoms with E-state index in [-0.39, 0.29) is 36.4 Å². The van der Waals surface area contributed by atoms with Gasteiger partial charge in [0.05, 0.1) is 0 Å². The van der Waals surface area contributed by atoms with Crippen molar-refractivity contribution in [1.29, 1.82) is 0 Å². The molecule has 0 bridgehead atoms. The number of hydrogen-bond donors (Lipinski definition) is 2. The van der Waals surface area contributed by atoms with Crippen molar-refractivity contribution in [3.63, 3.8) is 0 Å². The predicted molar refractivity (Wildman–Crippen MR) is 139 cm³/mol. The second kappa shape index (κ2) is 13.1. The van der Waals surface area contributed by atoms with Crippen LogP contribution in [-0.4, -0.2) is 86.1 Å². The molecule has 0 unspecified atom stereocenters. The minimum atomic E-state index is 0. The SMILES string of the molecule is CCNC(=NCC(=O)N1CCN(c2ccccc2)CC1)NC1CCN(C(C)C)CC1.I. The molecule has 1 aromatic rings. The summed E-state index contributed by atoms with van der Waals surface area (Å²) in [6.07, 6.45) is 2.22. The molecule has 7 nitrogen and oxygen atoms in total. The highest BCUT2D eigenvalue weighted by Gasteiger charge is 2.23. The van der Waals surface area contributed by atoms with E-state index >= 15 is 0 Å². The molecule has 3 rings (SSSR count). The number of nitrogens with one attached hydrogen (secondary N) is 2. The Morgan fingerprint density at radius 3 is 2.29 bits per heavy atom. The maximum atomic E-state index is 12.7. The Hall–Kier alpha value is -1.55. The number of guanidine groups is 1. The first-order valence-corrected chi connectivity index (χ1v) is 11.4. The van der Waals surface area contributed by atoms with Crippen molar-refractivity contribution in [2.24, 2.45) is 4.99 Å². The molecule has 0 spiro atoms. The summed E-state index contributed by atoms with van der Waals surface area (Å²) in [6.45, 7) is 13.0. The van der Waals surface area contributed by atoms with Crippen molar-refractivity contribution in [2.45, 2.75) is 45.7 Å². The minimum Gasteiger partial charge on any atom is -0.368 e. The smallest absolute Gasteiger partial charge is 0.244 e. The highest BCUT2D eigenvalue weighted by atomic mass is 127. The zero-order chi connectivity index (χ0) is 21.3. The van der Waals surface area contributed by atoms with Crippen molar-refractivity contribution < 1.29 is 4.79 Å². The molecule has 2 aliphatic heterocycles. The van der Waals surface area contributed by atoms with Crippen LogP contribution in [0, 0.1) is 0 Å². The highest BCUT2D eigenvalue weighted by Crippen LogP contribution is 2.16. The molecule has 1 amide bonds. The van der Waals surface area contributed by atoms with E-state index in [2.05, 4.69) is 70.5 Å². The van der Waals surface area contributed by atoms with Crippen LogP contribution in [0.15, 0.2) is 35.3 Å². The summed E-state index contributed by atoms with van der Waals surface area (Å²) in [6, 6.07) is 11.4. The van der Waals surface area contributed by atoms with E-state index in [4.69, 9.17) is 0 Å². The molecule has 2 aliphatic rings. The summed E-state index contributed by atoms with van der Waals surface area (Å²) in [4.78, 5) is 24.1. The zero-order valence-corrected chi connectivity index (χ0v) is 21.5. The molecule has 174 valence electrons. The van der Waals surface area contributed by atoms with Crippen molar-refractivity contribution in [2.75, 3.05) is 57.3 Å². The topological polar surface area (TPSA) is 63.2 Å². The van der Waals surface area contributed by atoms with Crippen molar-refractivity contribution >= 4 is 41.5 Å². The van der Waals surface area contributed by atoms with Gasteiger partial charge in [-0.25, -0.2) is 4.99 Å². The summed E-state index contributed by atoms with van der Waals surface area (Å²) in [5, 5.41) is 6.83. The van der Waals surface area contributed by atoms with Crippen LogP contribution < -0.4 is 15.5 Å². The van der Waals surface area contributed by atoms with Gasteiger partial charge in [-0.2, -0.15) is 0 Å². The third-order valence-corrected chi connectivity index (χ3v) is 6.07. The number of halogens is 1. The van der Waals surface area contributed by atoms with E-state index in [1.54, 1.807) is 0 Å².